The molecule has 0 aliphatic carbocycles. The highest BCUT2D eigenvalue weighted by molar-refractivity contribution is 6.31. The summed E-state index contributed by atoms with van der Waals surface area (Å²) in [6.07, 6.45) is 5.77. The Labute approximate surface area is 163 Å². The molecular weight excluding hydrogens is 375 g/mol. The zero-order valence-corrected chi connectivity index (χ0v) is 16.3. The maximum Gasteiger partial charge on any atom is 0.328 e. The number of nitrogens with zero attached hydrogens (tertiary/aromatic N) is 2. The van der Waals surface area contributed by atoms with E-state index in [2.05, 4.69) is 11.9 Å². The molecule has 0 radical (unpaired) electrons. The number of aromatic nitrogens is 2. The van der Waals surface area contributed by atoms with Crippen molar-refractivity contribution in [2.75, 3.05) is 6.61 Å². The van der Waals surface area contributed by atoms with Gasteiger partial charge in [-0.3, -0.25) is 0 Å². The molecule has 0 amide bonds. The third-order valence-corrected chi connectivity index (χ3v) is 4.54. The first-order valence-electron chi connectivity index (χ1n) is 8.47. The fourth-order valence-corrected chi connectivity index (χ4v) is 3.03. The second kappa shape index (κ2) is 9.64. The molecule has 0 unspecified atom stereocenters. The lowest BCUT2D eigenvalue weighted by molar-refractivity contribution is -0.131. The molecule has 0 aliphatic heterocycles. The summed E-state index contributed by atoms with van der Waals surface area (Å²) in [5.74, 6) is 0.367. The lowest BCUT2D eigenvalue weighted by Crippen LogP contribution is -2.05. The normalized spacial score (nSPS) is 11.2. The van der Waals surface area contributed by atoms with Crippen LogP contribution in [0.1, 0.15) is 43.3 Å². The van der Waals surface area contributed by atoms with E-state index >= 15 is 0 Å². The zero-order chi connectivity index (χ0) is 19.1. The maximum atomic E-state index is 10.8. The van der Waals surface area contributed by atoms with Crippen LogP contribution < -0.4 is 4.74 Å². The van der Waals surface area contributed by atoms with Gasteiger partial charge in [0.2, 0.25) is 0 Å². The molecule has 1 N–H and O–H groups in total. The zero-order valence-electron chi connectivity index (χ0n) is 14.8. The van der Waals surface area contributed by atoms with Crippen molar-refractivity contribution in [1.29, 1.82) is 0 Å². The molecule has 1 aromatic heterocycles. The topological polar surface area (TPSA) is 64.4 Å². The van der Waals surface area contributed by atoms with Gasteiger partial charge in [0.15, 0.2) is 5.15 Å². The van der Waals surface area contributed by atoms with Crippen LogP contribution in [0.2, 0.25) is 10.2 Å². The van der Waals surface area contributed by atoms with E-state index in [1.54, 1.807) is 6.07 Å². The molecule has 140 valence electrons. The molecule has 7 heteroatoms. The third-order valence-electron chi connectivity index (χ3n) is 3.91. The Morgan fingerprint density at radius 1 is 1.35 bits per heavy atom. The quantitative estimate of drug-likeness (QED) is 0.466. The summed E-state index contributed by atoms with van der Waals surface area (Å²) in [7, 11) is 0. The molecule has 1 aromatic carbocycles. The molecule has 2 rings (SSSR count). The average molecular weight is 397 g/mol. The summed E-state index contributed by atoms with van der Waals surface area (Å²) in [5.41, 5.74) is 1.40. The minimum Gasteiger partial charge on any atom is -0.494 e. The summed E-state index contributed by atoms with van der Waals surface area (Å²) >= 11 is 12.5. The van der Waals surface area contributed by atoms with Gasteiger partial charge in [0.05, 0.1) is 18.8 Å². The number of aryl methyl sites for hydroxylation is 1. The van der Waals surface area contributed by atoms with Crippen LogP contribution in [0, 0.1) is 6.92 Å². The van der Waals surface area contributed by atoms with Crippen molar-refractivity contribution in [2.24, 2.45) is 0 Å². The summed E-state index contributed by atoms with van der Waals surface area (Å²) in [6, 6.07) is 5.58. The Hall–Kier alpha value is -1.98. The van der Waals surface area contributed by atoms with E-state index in [0.717, 1.165) is 36.7 Å². The molecule has 0 aliphatic rings. The molecule has 0 spiro atoms. The number of ether oxygens (including phenoxy) is 1. The Balaban J connectivity index is 2.17. The van der Waals surface area contributed by atoms with E-state index in [1.807, 2.05) is 23.6 Å². The van der Waals surface area contributed by atoms with Crippen LogP contribution in [0.5, 0.6) is 5.75 Å². The molecule has 0 saturated carbocycles. The number of benzene rings is 1. The Morgan fingerprint density at radius 2 is 2.12 bits per heavy atom. The second-order valence-corrected chi connectivity index (χ2v) is 6.67. The first-order chi connectivity index (χ1) is 12.4. The van der Waals surface area contributed by atoms with E-state index in [4.69, 9.17) is 33.0 Å². The molecule has 0 saturated heterocycles. The monoisotopic (exact) mass is 396 g/mol. The Kier molecular flexibility index (Phi) is 7.54. The highest BCUT2D eigenvalue weighted by Crippen LogP contribution is 2.26. The van der Waals surface area contributed by atoms with E-state index in [-0.39, 0.29) is 5.15 Å². The molecule has 2 aromatic rings. The van der Waals surface area contributed by atoms with E-state index in [1.165, 1.54) is 6.08 Å². The van der Waals surface area contributed by atoms with Crippen LogP contribution in [-0.4, -0.2) is 27.2 Å². The Bertz CT molecular complexity index is 800. The van der Waals surface area contributed by atoms with Crippen molar-refractivity contribution in [3.63, 3.8) is 0 Å². The fraction of sp³-hybridized carbons (Fsp3) is 0.368. The smallest absolute Gasteiger partial charge is 0.328 e. The number of carbonyl (C=O) groups is 1. The summed E-state index contributed by atoms with van der Waals surface area (Å²) in [6.45, 7) is 5.06. The molecule has 1 heterocycles. The largest absolute Gasteiger partial charge is 0.494 e. The van der Waals surface area contributed by atoms with Crippen LogP contribution in [0.15, 0.2) is 24.3 Å². The summed E-state index contributed by atoms with van der Waals surface area (Å²) < 4.78 is 7.53. The lowest BCUT2D eigenvalue weighted by Gasteiger charge is -2.12. The van der Waals surface area contributed by atoms with Crippen molar-refractivity contribution in [3.8, 4) is 5.75 Å². The van der Waals surface area contributed by atoms with Gasteiger partial charge >= 0.3 is 5.97 Å². The van der Waals surface area contributed by atoms with Crippen molar-refractivity contribution in [3.05, 3.63) is 51.5 Å². The number of hydrogen-bond donors (Lipinski definition) is 1. The minimum absolute atomic E-state index is 0.256. The van der Waals surface area contributed by atoms with Crippen molar-refractivity contribution in [2.45, 2.75) is 39.7 Å². The summed E-state index contributed by atoms with van der Waals surface area (Å²) in [5, 5.41) is 9.67. The van der Waals surface area contributed by atoms with Gasteiger partial charge in [-0.05, 0) is 37.1 Å². The van der Waals surface area contributed by atoms with Crippen LogP contribution in [0.4, 0.5) is 0 Å². The number of unbranched alkanes of at least 4 members (excludes halogenated alkanes) is 2. The second-order valence-electron chi connectivity index (χ2n) is 5.90. The average Bonchev–Trinajstić information content (AvgIpc) is 2.85. The fourth-order valence-electron chi connectivity index (χ4n) is 2.51. The molecular formula is C19H22Cl2N2O3. The van der Waals surface area contributed by atoms with Crippen LogP contribution in [0.3, 0.4) is 0 Å². The van der Waals surface area contributed by atoms with Gasteiger partial charge in [-0.1, -0.05) is 49.0 Å². The minimum atomic E-state index is -1.05. The van der Waals surface area contributed by atoms with Gasteiger partial charge in [-0.25, -0.2) is 9.78 Å². The summed E-state index contributed by atoms with van der Waals surface area (Å²) in [4.78, 5) is 15.0. The number of rotatable bonds is 9. The number of halogens is 2. The molecule has 0 fully saturated rings. The van der Waals surface area contributed by atoms with Crippen LogP contribution in [-0.2, 0) is 11.3 Å². The van der Waals surface area contributed by atoms with Gasteiger partial charge in [0.25, 0.3) is 0 Å². The van der Waals surface area contributed by atoms with E-state index < -0.39 is 5.97 Å². The van der Waals surface area contributed by atoms with Gasteiger partial charge in [-0.2, -0.15) is 0 Å². The molecule has 0 atom stereocenters. The number of carboxylic acid groups (broad SMARTS) is 1. The van der Waals surface area contributed by atoms with E-state index in [9.17, 15) is 4.79 Å². The third kappa shape index (κ3) is 5.51. The van der Waals surface area contributed by atoms with Crippen LogP contribution in [0.25, 0.3) is 6.08 Å². The van der Waals surface area contributed by atoms with E-state index in [0.29, 0.717) is 29.7 Å². The number of hydrogen-bond acceptors (Lipinski definition) is 3. The number of aliphatic carboxylic acids is 1. The van der Waals surface area contributed by atoms with Gasteiger partial charge in [0.1, 0.15) is 11.6 Å². The number of carboxylic acids is 1. The standard InChI is InChI=1S/C19H22Cl2N2O3/c1-3-4-5-10-26-15-7-6-14(16(20)11-15)12-23-13(2)22-19(21)17(23)8-9-18(24)25/h6-9,11H,3-5,10,12H2,1-2H3,(H,24,25). The number of imidazole rings is 1. The van der Waals surface area contributed by atoms with Gasteiger partial charge < -0.3 is 14.4 Å². The lowest BCUT2D eigenvalue weighted by atomic mass is 10.2. The van der Waals surface area contributed by atoms with Crippen molar-refractivity contribution >= 4 is 35.2 Å². The van der Waals surface area contributed by atoms with Crippen molar-refractivity contribution in [1.82, 2.24) is 9.55 Å². The highest BCUT2D eigenvalue weighted by atomic mass is 35.5. The molecule has 0 bridgehead atoms. The SMILES string of the molecule is CCCCCOc1ccc(Cn2c(C)nc(Cl)c2C=CC(=O)O)c(Cl)c1. The predicted molar refractivity (Wildman–Crippen MR) is 104 cm³/mol. The van der Waals surface area contributed by atoms with Crippen molar-refractivity contribution < 1.29 is 14.6 Å². The predicted octanol–water partition coefficient (Wildman–Crippen LogP) is 5.21. The highest BCUT2D eigenvalue weighted by Gasteiger charge is 2.13. The maximum absolute atomic E-state index is 10.8. The van der Waals surface area contributed by atoms with Gasteiger partial charge in [0, 0.05) is 11.1 Å². The molecule has 5 nitrogen and oxygen atoms in total. The first kappa shape index (κ1) is 20.3. The Morgan fingerprint density at radius 3 is 2.77 bits per heavy atom. The van der Waals surface area contributed by atoms with Crippen LogP contribution >= 0.6 is 23.2 Å². The van der Waals surface area contributed by atoms with Gasteiger partial charge in [-0.15, -0.1) is 0 Å². The first-order valence-corrected chi connectivity index (χ1v) is 9.22. The molecule has 26 heavy (non-hydrogen) atoms.